The summed E-state index contributed by atoms with van der Waals surface area (Å²) in [6, 6.07) is 1.33. The van der Waals surface area contributed by atoms with Gasteiger partial charge in [-0.25, -0.2) is 4.98 Å². The number of nitrogens with zero attached hydrogens (tertiary/aromatic N) is 4. The molecule has 0 aliphatic carbocycles. The van der Waals surface area contributed by atoms with E-state index in [4.69, 9.17) is 9.47 Å². The van der Waals surface area contributed by atoms with E-state index < -0.39 is 0 Å². The molecule has 0 radical (unpaired) electrons. The Morgan fingerprint density at radius 3 is 2.69 bits per heavy atom. The van der Waals surface area contributed by atoms with Gasteiger partial charge in [0.2, 0.25) is 11.8 Å². The van der Waals surface area contributed by atoms with E-state index in [1.54, 1.807) is 29.1 Å². The van der Waals surface area contributed by atoms with Crippen LogP contribution in [0.2, 0.25) is 0 Å². The number of amides is 2. The molecule has 9 nitrogen and oxygen atoms in total. The van der Waals surface area contributed by atoms with Crippen LogP contribution in [0, 0.1) is 23.7 Å². The molecule has 2 amide bonds. The van der Waals surface area contributed by atoms with Gasteiger partial charge in [-0.3, -0.25) is 14.5 Å². The number of aliphatic hydroxyl groups excluding tert-OH is 1. The second kappa shape index (κ2) is 12.3. The molecule has 1 aromatic rings. The zero-order valence-corrected chi connectivity index (χ0v) is 21.5. The molecule has 0 aromatic carbocycles. The number of morpholine rings is 1. The maximum absolute atomic E-state index is 13.5. The maximum Gasteiger partial charge on any atom is 0.259 e. The molecule has 192 valence electrons. The Kier molecular flexibility index (Phi) is 9.49. The van der Waals surface area contributed by atoms with Gasteiger partial charge in [-0.15, -0.1) is 0 Å². The van der Waals surface area contributed by atoms with Crippen LogP contribution in [-0.2, 0) is 9.53 Å². The number of pyridine rings is 1. The number of hydrogen-bond donors (Lipinski definition) is 1. The van der Waals surface area contributed by atoms with Crippen molar-refractivity contribution < 1.29 is 24.2 Å². The van der Waals surface area contributed by atoms with Crippen LogP contribution in [0.5, 0.6) is 5.88 Å². The van der Waals surface area contributed by atoms with E-state index >= 15 is 0 Å². The zero-order chi connectivity index (χ0) is 25.5. The highest BCUT2D eigenvalue weighted by atomic mass is 16.5. The largest absolute Gasteiger partial charge is 0.472 e. The van der Waals surface area contributed by atoms with Crippen LogP contribution in [0.3, 0.4) is 0 Å². The number of ether oxygens (including phenoxy) is 2. The summed E-state index contributed by atoms with van der Waals surface area (Å²) in [5.41, 5.74) is 0.953. The highest BCUT2D eigenvalue weighted by molar-refractivity contribution is 5.97. The van der Waals surface area contributed by atoms with Crippen molar-refractivity contribution in [3.8, 4) is 17.7 Å². The van der Waals surface area contributed by atoms with Crippen molar-refractivity contribution in [3.05, 3.63) is 23.4 Å². The number of carbonyl (C=O) groups is 2. The zero-order valence-electron chi connectivity index (χ0n) is 21.5. The third-order valence-electron chi connectivity index (χ3n) is 6.37. The Hall–Kier alpha value is -2.67. The Labute approximate surface area is 208 Å². The first-order valence-electron chi connectivity index (χ1n) is 12.3. The SMILES string of the molecule is CC(C)C#Cc1cnc2c(c1)C(=O)N([C@H](C)CO)C[C@H](C)[C@H](CN(C)C(=O)CN1CCOCC1)O2. The van der Waals surface area contributed by atoms with Gasteiger partial charge >= 0.3 is 0 Å². The summed E-state index contributed by atoms with van der Waals surface area (Å²) in [5, 5.41) is 9.81. The molecule has 3 rings (SSSR count). The molecule has 1 fully saturated rings. The summed E-state index contributed by atoms with van der Waals surface area (Å²) in [4.78, 5) is 36.2. The van der Waals surface area contributed by atoms with Crippen molar-refractivity contribution in [2.75, 3.05) is 59.6 Å². The normalized spacial score (nSPS) is 21.8. The molecular formula is C26H38N4O5. The first kappa shape index (κ1) is 26.9. The fourth-order valence-electron chi connectivity index (χ4n) is 4.06. The Morgan fingerprint density at radius 2 is 2.03 bits per heavy atom. The van der Waals surface area contributed by atoms with E-state index in [-0.39, 0.29) is 48.3 Å². The Balaban J connectivity index is 1.85. The average Bonchev–Trinajstić information content (AvgIpc) is 2.84. The highest BCUT2D eigenvalue weighted by Gasteiger charge is 2.34. The average molecular weight is 487 g/mol. The number of aliphatic hydroxyl groups is 1. The van der Waals surface area contributed by atoms with Gasteiger partial charge in [0, 0.05) is 50.3 Å². The second-order valence-electron chi connectivity index (χ2n) is 9.79. The van der Waals surface area contributed by atoms with E-state index in [2.05, 4.69) is 21.7 Å². The number of carbonyl (C=O) groups excluding carboxylic acids is 2. The quantitative estimate of drug-likeness (QED) is 0.602. The predicted molar refractivity (Wildman–Crippen MR) is 132 cm³/mol. The van der Waals surface area contributed by atoms with Crippen molar-refractivity contribution in [2.45, 2.75) is 39.8 Å². The van der Waals surface area contributed by atoms with Gasteiger partial charge in [0.25, 0.3) is 5.91 Å². The summed E-state index contributed by atoms with van der Waals surface area (Å²) in [5.74, 6) is 6.23. The molecule has 0 spiro atoms. The topological polar surface area (TPSA) is 95.4 Å². The van der Waals surface area contributed by atoms with Crippen molar-refractivity contribution in [1.29, 1.82) is 0 Å². The lowest BCUT2D eigenvalue weighted by Gasteiger charge is -2.38. The number of rotatable bonds is 6. The first-order valence-corrected chi connectivity index (χ1v) is 12.3. The molecule has 0 saturated carbocycles. The minimum atomic E-state index is -0.381. The van der Waals surface area contributed by atoms with E-state index in [0.717, 1.165) is 13.1 Å². The van der Waals surface area contributed by atoms with Gasteiger partial charge in [0.15, 0.2) is 0 Å². The molecule has 2 aliphatic heterocycles. The molecule has 9 heteroatoms. The monoisotopic (exact) mass is 486 g/mol. The first-order chi connectivity index (χ1) is 16.7. The van der Waals surface area contributed by atoms with Crippen LogP contribution in [0.1, 0.15) is 43.6 Å². The molecule has 1 saturated heterocycles. The van der Waals surface area contributed by atoms with Crippen molar-refractivity contribution in [2.24, 2.45) is 11.8 Å². The van der Waals surface area contributed by atoms with E-state index in [0.29, 0.717) is 44.0 Å². The van der Waals surface area contributed by atoms with Crippen LogP contribution >= 0.6 is 0 Å². The van der Waals surface area contributed by atoms with E-state index in [1.165, 1.54) is 0 Å². The lowest BCUT2D eigenvalue weighted by atomic mass is 10.00. The lowest BCUT2D eigenvalue weighted by Crippen LogP contribution is -2.51. The van der Waals surface area contributed by atoms with E-state index in [9.17, 15) is 14.7 Å². The summed E-state index contributed by atoms with van der Waals surface area (Å²) in [6.45, 7) is 11.5. The molecule has 3 atom stereocenters. The highest BCUT2D eigenvalue weighted by Crippen LogP contribution is 2.27. The van der Waals surface area contributed by atoms with Crippen LogP contribution in [-0.4, -0.2) is 108 Å². The third-order valence-corrected chi connectivity index (χ3v) is 6.37. The molecular weight excluding hydrogens is 448 g/mol. The van der Waals surface area contributed by atoms with Crippen LogP contribution in [0.25, 0.3) is 0 Å². The smallest absolute Gasteiger partial charge is 0.259 e. The van der Waals surface area contributed by atoms with Crippen molar-refractivity contribution in [1.82, 2.24) is 19.7 Å². The minimum absolute atomic E-state index is 0.00825. The standard InChI is InChI=1S/C26H38N4O5/c1-18(2)6-7-21-12-22-25(27-13-21)35-23(19(3)14-30(26(22)33)20(4)17-31)15-28(5)24(32)16-29-8-10-34-11-9-29/h12-13,18-20,23,31H,8-11,14-17H2,1-5H3/t19-,20+,23-/m0/s1. The van der Waals surface area contributed by atoms with Gasteiger partial charge in [-0.05, 0) is 13.0 Å². The second-order valence-corrected chi connectivity index (χ2v) is 9.79. The van der Waals surface area contributed by atoms with Crippen molar-refractivity contribution >= 4 is 11.8 Å². The Morgan fingerprint density at radius 1 is 1.31 bits per heavy atom. The maximum atomic E-state index is 13.5. The van der Waals surface area contributed by atoms with Gasteiger partial charge in [0.05, 0.1) is 39.0 Å². The summed E-state index contributed by atoms with van der Waals surface area (Å²) >= 11 is 0. The number of aromatic nitrogens is 1. The summed E-state index contributed by atoms with van der Waals surface area (Å²) < 4.78 is 11.6. The molecule has 1 N–H and O–H groups in total. The van der Waals surface area contributed by atoms with Crippen LogP contribution in [0.4, 0.5) is 0 Å². The number of likely N-dealkylation sites (N-methyl/N-ethyl adjacent to an activating group) is 1. The third kappa shape index (κ3) is 7.17. The molecule has 35 heavy (non-hydrogen) atoms. The van der Waals surface area contributed by atoms with Crippen LogP contribution < -0.4 is 4.74 Å². The molecule has 3 heterocycles. The summed E-state index contributed by atoms with van der Waals surface area (Å²) in [6.07, 6.45) is 1.23. The van der Waals surface area contributed by atoms with Gasteiger partial charge < -0.3 is 24.4 Å². The van der Waals surface area contributed by atoms with Crippen molar-refractivity contribution in [3.63, 3.8) is 0 Å². The van der Waals surface area contributed by atoms with Crippen LogP contribution in [0.15, 0.2) is 12.3 Å². The van der Waals surface area contributed by atoms with Gasteiger partial charge in [-0.1, -0.05) is 32.6 Å². The molecule has 1 aromatic heterocycles. The predicted octanol–water partition coefficient (Wildman–Crippen LogP) is 1.10. The molecule has 0 bridgehead atoms. The fourth-order valence-corrected chi connectivity index (χ4v) is 4.06. The minimum Gasteiger partial charge on any atom is -0.472 e. The van der Waals surface area contributed by atoms with E-state index in [1.807, 2.05) is 27.7 Å². The number of fused-ring (bicyclic) bond motifs is 1. The van der Waals surface area contributed by atoms with Gasteiger partial charge in [-0.2, -0.15) is 0 Å². The molecule has 0 unspecified atom stereocenters. The van der Waals surface area contributed by atoms with Gasteiger partial charge in [0.1, 0.15) is 11.7 Å². The number of hydrogen-bond acceptors (Lipinski definition) is 7. The summed E-state index contributed by atoms with van der Waals surface area (Å²) in [7, 11) is 1.77. The lowest BCUT2D eigenvalue weighted by molar-refractivity contribution is -0.133. The molecule has 2 aliphatic rings. The fraction of sp³-hybridized carbons (Fsp3) is 0.654. The Bertz CT molecular complexity index is 951.